The lowest BCUT2D eigenvalue weighted by Crippen LogP contribution is -2.44. The first-order valence-electron chi connectivity index (χ1n) is 5.87. The molecule has 0 radical (unpaired) electrons. The second kappa shape index (κ2) is 4.94. The maximum atomic E-state index is 5.46. The maximum absolute atomic E-state index is 5.46. The molecule has 0 aromatic rings. The fraction of sp³-hybridized carbons (Fsp3) is 0.833. The van der Waals surface area contributed by atoms with Crippen LogP contribution in [-0.2, 0) is 4.74 Å². The Morgan fingerprint density at radius 1 is 1.29 bits per heavy atom. The first kappa shape index (κ1) is 10.2. The predicted octanol–water partition coefficient (Wildman–Crippen LogP) is 2.25. The van der Waals surface area contributed by atoms with Crippen molar-refractivity contribution in [3.63, 3.8) is 0 Å². The summed E-state index contributed by atoms with van der Waals surface area (Å²) in [6.07, 6.45) is 9.12. The molecule has 0 saturated heterocycles. The van der Waals surface area contributed by atoms with E-state index >= 15 is 0 Å². The van der Waals surface area contributed by atoms with Crippen molar-refractivity contribution in [1.82, 2.24) is 5.32 Å². The predicted molar refractivity (Wildman–Crippen MR) is 58.4 cm³/mol. The van der Waals surface area contributed by atoms with Gasteiger partial charge in [0.15, 0.2) is 0 Å². The molecule has 0 aromatic heterocycles. The zero-order chi connectivity index (χ0) is 9.80. The summed E-state index contributed by atoms with van der Waals surface area (Å²) in [5.74, 6) is 0. The third-order valence-corrected chi connectivity index (χ3v) is 3.40. The van der Waals surface area contributed by atoms with Crippen molar-refractivity contribution in [2.75, 3.05) is 13.2 Å². The minimum absolute atomic E-state index is 0.479. The molecule has 1 fully saturated rings. The highest BCUT2D eigenvalue weighted by Crippen LogP contribution is 2.19. The number of hydrogen-bond donors (Lipinski definition) is 1. The monoisotopic (exact) mass is 195 g/mol. The second-order valence-electron chi connectivity index (χ2n) is 4.54. The van der Waals surface area contributed by atoms with E-state index in [0.717, 1.165) is 19.3 Å². The molecule has 2 heteroatoms. The quantitative estimate of drug-likeness (QED) is 0.682. The fourth-order valence-corrected chi connectivity index (χ4v) is 2.38. The molecule has 0 amide bonds. The van der Waals surface area contributed by atoms with Crippen molar-refractivity contribution in [2.45, 2.75) is 51.1 Å². The molecule has 1 heterocycles. The highest BCUT2D eigenvalue weighted by atomic mass is 16.5. The Balaban J connectivity index is 1.83. The molecule has 0 aromatic carbocycles. The Bertz CT molecular complexity index is 206. The van der Waals surface area contributed by atoms with Gasteiger partial charge >= 0.3 is 0 Å². The lowest BCUT2D eigenvalue weighted by Gasteiger charge is -2.30. The van der Waals surface area contributed by atoms with Crippen LogP contribution in [0.2, 0.25) is 0 Å². The van der Waals surface area contributed by atoms with Gasteiger partial charge in [-0.3, -0.25) is 0 Å². The molecule has 1 atom stereocenters. The normalized spacial score (nSPS) is 30.1. The van der Waals surface area contributed by atoms with Gasteiger partial charge in [0.25, 0.3) is 0 Å². The number of hydrogen-bond acceptors (Lipinski definition) is 2. The van der Waals surface area contributed by atoms with Crippen LogP contribution < -0.4 is 5.32 Å². The van der Waals surface area contributed by atoms with Crippen LogP contribution in [0.1, 0.15) is 39.0 Å². The molecule has 2 nitrogen and oxygen atoms in total. The van der Waals surface area contributed by atoms with Crippen LogP contribution in [0.5, 0.6) is 0 Å². The van der Waals surface area contributed by atoms with Crippen LogP contribution in [0, 0.1) is 0 Å². The standard InChI is InChI=1S/C12H21NO/c1-10-7-8-14-9-12(10)13-11-5-3-2-4-6-11/h7,11-13H,2-6,8-9H2,1H3. The van der Waals surface area contributed by atoms with Crippen LogP contribution in [0.15, 0.2) is 11.6 Å². The minimum Gasteiger partial charge on any atom is -0.375 e. The van der Waals surface area contributed by atoms with E-state index < -0.39 is 0 Å². The van der Waals surface area contributed by atoms with E-state index in [1.807, 2.05) is 0 Å². The first-order chi connectivity index (χ1) is 6.86. The van der Waals surface area contributed by atoms with Gasteiger partial charge in [-0.25, -0.2) is 0 Å². The zero-order valence-corrected chi connectivity index (χ0v) is 9.09. The van der Waals surface area contributed by atoms with Gasteiger partial charge in [-0.15, -0.1) is 0 Å². The van der Waals surface area contributed by atoms with E-state index in [-0.39, 0.29) is 0 Å². The molecule has 2 rings (SSSR count). The number of ether oxygens (including phenoxy) is 1. The topological polar surface area (TPSA) is 21.3 Å². The Labute approximate surface area is 86.7 Å². The van der Waals surface area contributed by atoms with Crippen molar-refractivity contribution in [1.29, 1.82) is 0 Å². The summed E-state index contributed by atoms with van der Waals surface area (Å²) in [6, 6.07) is 1.21. The number of rotatable bonds is 2. The summed E-state index contributed by atoms with van der Waals surface area (Å²) in [4.78, 5) is 0. The maximum Gasteiger partial charge on any atom is 0.0662 e. The molecule has 1 saturated carbocycles. The van der Waals surface area contributed by atoms with Gasteiger partial charge in [-0.2, -0.15) is 0 Å². The third-order valence-electron chi connectivity index (χ3n) is 3.40. The van der Waals surface area contributed by atoms with Gasteiger partial charge in [-0.05, 0) is 19.8 Å². The number of nitrogens with one attached hydrogen (secondary N) is 1. The van der Waals surface area contributed by atoms with Crippen LogP contribution in [0.3, 0.4) is 0 Å². The molecular weight excluding hydrogens is 174 g/mol. The smallest absolute Gasteiger partial charge is 0.0662 e. The molecule has 0 spiro atoms. The van der Waals surface area contributed by atoms with Crippen molar-refractivity contribution < 1.29 is 4.74 Å². The second-order valence-corrected chi connectivity index (χ2v) is 4.54. The van der Waals surface area contributed by atoms with Crippen molar-refractivity contribution >= 4 is 0 Å². The van der Waals surface area contributed by atoms with Crippen molar-refractivity contribution in [2.24, 2.45) is 0 Å². The summed E-state index contributed by atoms with van der Waals surface area (Å²) < 4.78 is 5.46. The van der Waals surface area contributed by atoms with Crippen LogP contribution >= 0.6 is 0 Å². The Morgan fingerprint density at radius 3 is 2.79 bits per heavy atom. The summed E-state index contributed by atoms with van der Waals surface area (Å²) in [5, 5.41) is 3.71. The Hall–Kier alpha value is -0.340. The van der Waals surface area contributed by atoms with Crippen molar-refractivity contribution in [3.05, 3.63) is 11.6 Å². The van der Waals surface area contributed by atoms with E-state index in [1.165, 1.54) is 37.7 Å². The molecular formula is C12H21NO. The fourth-order valence-electron chi connectivity index (χ4n) is 2.38. The zero-order valence-electron chi connectivity index (χ0n) is 9.09. The van der Waals surface area contributed by atoms with E-state index in [0.29, 0.717) is 6.04 Å². The molecule has 1 aliphatic carbocycles. The van der Waals surface area contributed by atoms with E-state index in [1.54, 1.807) is 0 Å². The van der Waals surface area contributed by atoms with Gasteiger partial charge in [0.05, 0.1) is 19.3 Å². The van der Waals surface area contributed by atoms with E-state index in [9.17, 15) is 0 Å². The average Bonchev–Trinajstić information content (AvgIpc) is 2.23. The third kappa shape index (κ3) is 2.58. The van der Waals surface area contributed by atoms with Crippen LogP contribution in [-0.4, -0.2) is 25.3 Å². The summed E-state index contributed by atoms with van der Waals surface area (Å²) in [7, 11) is 0. The summed E-state index contributed by atoms with van der Waals surface area (Å²) in [5.41, 5.74) is 1.46. The van der Waals surface area contributed by atoms with E-state index in [4.69, 9.17) is 4.74 Å². The highest BCUT2D eigenvalue weighted by molar-refractivity contribution is 5.11. The molecule has 0 bridgehead atoms. The highest BCUT2D eigenvalue weighted by Gasteiger charge is 2.20. The van der Waals surface area contributed by atoms with Gasteiger partial charge in [0.1, 0.15) is 0 Å². The van der Waals surface area contributed by atoms with Gasteiger partial charge in [0.2, 0.25) is 0 Å². The lowest BCUT2D eigenvalue weighted by molar-refractivity contribution is 0.124. The van der Waals surface area contributed by atoms with Gasteiger partial charge in [0, 0.05) is 6.04 Å². The lowest BCUT2D eigenvalue weighted by atomic mass is 9.94. The molecule has 2 aliphatic rings. The van der Waals surface area contributed by atoms with Crippen LogP contribution in [0.4, 0.5) is 0 Å². The summed E-state index contributed by atoms with van der Waals surface area (Å²) in [6.45, 7) is 3.87. The van der Waals surface area contributed by atoms with E-state index in [2.05, 4.69) is 18.3 Å². The van der Waals surface area contributed by atoms with Gasteiger partial charge in [-0.1, -0.05) is 30.9 Å². The van der Waals surface area contributed by atoms with Crippen molar-refractivity contribution in [3.8, 4) is 0 Å². The molecule has 1 N–H and O–H groups in total. The Kier molecular flexibility index (Phi) is 3.60. The largest absolute Gasteiger partial charge is 0.375 e. The van der Waals surface area contributed by atoms with Crippen LogP contribution in [0.25, 0.3) is 0 Å². The Morgan fingerprint density at radius 2 is 2.07 bits per heavy atom. The average molecular weight is 195 g/mol. The molecule has 14 heavy (non-hydrogen) atoms. The van der Waals surface area contributed by atoms with Gasteiger partial charge < -0.3 is 10.1 Å². The SMILES string of the molecule is CC1=CCOCC1NC1CCCCC1. The molecule has 1 unspecified atom stereocenters. The first-order valence-corrected chi connectivity index (χ1v) is 5.87. The minimum atomic E-state index is 0.479. The molecule has 1 aliphatic heterocycles. The molecule has 80 valence electrons. The summed E-state index contributed by atoms with van der Waals surface area (Å²) >= 11 is 0.